The standard InChI is InChI=1S/C15H25BrFN3/c1-5-20(6-2)15(3,4)14(19-18)10-11-7-8-13(17)12(16)9-11/h7-9,14,19H,5-6,10,18H2,1-4H3. The van der Waals surface area contributed by atoms with Crippen LogP contribution in [0.5, 0.6) is 0 Å². The van der Waals surface area contributed by atoms with Crippen LogP contribution in [-0.4, -0.2) is 29.6 Å². The van der Waals surface area contributed by atoms with Gasteiger partial charge in [0.1, 0.15) is 5.82 Å². The molecule has 0 aliphatic heterocycles. The summed E-state index contributed by atoms with van der Waals surface area (Å²) >= 11 is 3.23. The number of nitrogens with two attached hydrogens (primary N) is 1. The van der Waals surface area contributed by atoms with Gasteiger partial charge in [0.2, 0.25) is 0 Å². The lowest BCUT2D eigenvalue weighted by atomic mass is 9.88. The van der Waals surface area contributed by atoms with Crippen LogP contribution in [0.4, 0.5) is 4.39 Å². The number of rotatable bonds is 7. The van der Waals surface area contributed by atoms with Gasteiger partial charge in [-0.05, 0) is 67.0 Å². The van der Waals surface area contributed by atoms with Crippen molar-refractivity contribution in [3.63, 3.8) is 0 Å². The molecule has 20 heavy (non-hydrogen) atoms. The minimum absolute atomic E-state index is 0.0831. The molecule has 0 radical (unpaired) electrons. The summed E-state index contributed by atoms with van der Waals surface area (Å²) in [6, 6.07) is 5.19. The molecule has 0 aromatic heterocycles. The van der Waals surface area contributed by atoms with Gasteiger partial charge in [-0.3, -0.25) is 16.2 Å². The SMILES string of the molecule is CCN(CC)C(C)(C)C(Cc1ccc(F)c(Br)c1)NN. The maximum atomic E-state index is 13.3. The van der Waals surface area contributed by atoms with Crippen LogP contribution in [0, 0.1) is 5.82 Å². The summed E-state index contributed by atoms with van der Waals surface area (Å²) in [6.45, 7) is 10.6. The van der Waals surface area contributed by atoms with E-state index in [1.807, 2.05) is 12.1 Å². The van der Waals surface area contributed by atoms with Crippen LogP contribution in [0.15, 0.2) is 22.7 Å². The van der Waals surface area contributed by atoms with E-state index in [4.69, 9.17) is 5.84 Å². The molecule has 5 heteroatoms. The fraction of sp³-hybridized carbons (Fsp3) is 0.600. The van der Waals surface area contributed by atoms with Gasteiger partial charge in [-0.2, -0.15) is 0 Å². The van der Waals surface area contributed by atoms with Crippen LogP contribution in [0.25, 0.3) is 0 Å². The number of hydrogen-bond acceptors (Lipinski definition) is 3. The predicted octanol–water partition coefficient (Wildman–Crippen LogP) is 3.08. The number of hydrazine groups is 1. The van der Waals surface area contributed by atoms with E-state index in [2.05, 4.69) is 54.0 Å². The van der Waals surface area contributed by atoms with Crippen molar-refractivity contribution < 1.29 is 4.39 Å². The van der Waals surface area contributed by atoms with E-state index in [0.29, 0.717) is 4.47 Å². The molecule has 0 fully saturated rings. The fourth-order valence-electron chi connectivity index (χ4n) is 2.67. The maximum Gasteiger partial charge on any atom is 0.137 e. The van der Waals surface area contributed by atoms with E-state index in [-0.39, 0.29) is 17.4 Å². The lowest BCUT2D eigenvalue weighted by Gasteiger charge is -2.43. The lowest BCUT2D eigenvalue weighted by molar-refractivity contribution is 0.0912. The van der Waals surface area contributed by atoms with Crippen molar-refractivity contribution in [3.05, 3.63) is 34.1 Å². The molecule has 0 heterocycles. The first-order chi connectivity index (χ1) is 9.36. The Labute approximate surface area is 129 Å². The highest BCUT2D eigenvalue weighted by molar-refractivity contribution is 9.10. The molecular weight excluding hydrogens is 321 g/mol. The van der Waals surface area contributed by atoms with Gasteiger partial charge in [0.25, 0.3) is 0 Å². The predicted molar refractivity (Wildman–Crippen MR) is 85.9 cm³/mol. The zero-order valence-electron chi connectivity index (χ0n) is 12.7. The van der Waals surface area contributed by atoms with Crippen LogP contribution in [0.1, 0.15) is 33.3 Å². The van der Waals surface area contributed by atoms with Gasteiger partial charge < -0.3 is 0 Å². The summed E-state index contributed by atoms with van der Waals surface area (Å²) in [6.07, 6.45) is 0.749. The van der Waals surface area contributed by atoms with Gasteiger partial charge >= 0.3 is 0 Å². The summed E-state index contributed by atoms with van der Waals surface area (Å²) in [5.41, 5.74) is 3.90. The monoisotopic (exact) mass is 345 g/mol. The Bertz CT molecular complexity index is 433. The van der Waals surface area contributed by atoms with E-state index in [0.717, 1.165) is 25.1 Å². The van der Waals surface area contributed by atoms with Crippen molar-refractivity contribution in [2.24, 2.45) is 5.84 Å². The average molecular weight is 346 g/mol. The lowest BCUT2D eigenvalue weighted by Crippen LogP contribution is -2.60. The van der Waals surface area contributed by atoms with E-state index in [9.17, 15) is 4.39 Å². The summed E-state index contributed by atoms with van der Waals surface area (Å²) in [4.78, 5) is 2.37. The van der Waals surface area contributed by atoms with Crippen LogP contribution >= 0.6 is 15.9 Å². The molecule has 0 spiro atoms. The normalized spacial score (nSPS) is 13.8. The minimum atomic E-state index is -0.242. The molecule has 3 N–H and O–H groups in total. The largest absolute Gasteiger partial charge is 0.297 e. The molecule has 1 aromatic carbocycles. The molecule has 0 aliphatic rings. The first-order valence-electron chi connectivity index (χ1n) is 7.01. The highest BCUT2D eigenvalue weighted by atomic mass is 79.9. The summed E-state index contributed by atoms with van der Waals surface area (Å²) < 4.78 is 13.8. The van der Waals surface area contributed by atoms with Crippen molar-refractivity contribution in [1.29, 1.82) is 0 Å². The maximum absolute atomic E-state index is 13.3. The van der Waals surface area contributed by atoms with Crippen molar-refractivity contribution in [2.75, 3.05) is 13.1 Å². The molecule has 0 amide bonds. The van der Waals surface area contributed by atoms with Gasteiger partial charge in [0, 0.05) is 11.6 Å². The molecule has 1 rings (SSSR count). The third kappa shape index (κ3) is 4.01. The Morgan fingerprint density at radius 1 is 1.35 bits per heavy atom. The molecule has 114 valence electrons. The van der Waals surface area contributed by atoms with Crippen LogP contribution in [0.2, 0.25) is 0 Å². The average Bonchev–Trinajstić information content (AvgIpc) is 2.40. The number of halogens is 2. The Morgan fingerprint density at radius 2 is 1.95 bits per heavy atom. The van der Waals surface area contributed by atoms with Crippen LogP contribution in [-0.2, 0) is 6.42 Å². The Hall–Kier alpha value is -0.490. The highest BCUT2D eigenvalue weighted by Crippen LogP contribution is 2.23. The number of likely N-dealkylation sites (N-methyl/N-ethyl adjacent to an activating group) is 1. The number of nitrogens with zero attached hydrogens (tertiary/aromatic N) is 1. The molecule has 0 saturated carbocycles. The van der Waals surface area contributed by atoms with Crippen LogP contribution in [0.3, 0.4) is 0 Å². The Balaban J connectivity index is 2.93. The third-order valence-corrected chi connectivity index (χ3v) is 4.66. The van der Waals surface area contributed by atoms with E-state index < -0.39 is 0 Å². The quantitative estimate of drug-likeness (QED) is 0.589. The van der Waals surface area contributed by atoms with Crippen LogP contribution < -0.4 is 11.3 Å². The smallest absolute Gasteiger partial charge is 0.137 e. The van der Waals surface area contributed by atoms with E-state index in [1.54, 1.807) is 0 Å². The zero-order valence-corrected chi connectivity index (χ0v) is 14.3. The van der Waals surface area contributed by atoms with Crippen molar-refractivity contribution in [1.82, 2.24) is 10.3 Å². The summed E-state index contributed by atoms with van der Waals surface area (Å²) in [5.74, 6) is 5.52. The summed E-state index contributed by atoms with van der Waals surface area (Å²) in [7, 11) is 0. The molecular formula is C15H25BrFN3. The third-order valence-electron chi connectivity index (χ3n) is 4.06. The Morgan fingerprint density at radius 3 is 2.40 bits per heavy atom. The molecule has 0 bridgehead atoms. The number of hydrogen-bond donors (Lipinski definition) is 2. The first-order valence-corrected chi connectivity index (χ1v) is 7.81. The second kappa shape index (κ2) is 7.50. The summed E-state index contributed by atoms with van der Waals surface area (Å²) in [5, 5.41) is 0. The second-order valence-corrected chi connectivity index (χ2v) is 6.35. The second-order valence-electron chi connectivity index (χ2n) is 5.50. The molecule has 3 nitrogen and oxygen atoms in total. The van der Waals surface area contributed by atoms with Gasteiger partial charge in [0.05, 0.1) is 4.47 Å². The molecule has 1 unspecified atom stereocenters. The number of nitrogens with one attached hydrogen (secondary N) is 1. The minimum Gasteiger partial charge on any atom is -0.297 e. The van der Waals surface area contributed by atoms with Gasteiger partial charge in [-0.1, -0.05) is 19.9 Å². The topological polar surface area (TPSA) is 41.3 Å². The molecule has 0 saturated heterocycles. The van der Waals surface area contributed by atoms with E-state index >= 15 is 0 Å². The van der Waals surface area contributed by atoms with Crippen molar-refractivity contribution >= 4 is 15.9 Å². The number of benzene rings is 1. The van der Waals surface area contributed by atoms with Crippen molar-refractivity contribution in [2.45, 2.75) is 45.7 Å². The fourth-order valence-corrected chi connectivity index (χ4v) is 3.10. The molecule has 1 atom stereocenters. The Kier molecular flexibility index (Phi) is 6.58. The molecule has 1 aromatic rings. The highest BCUT2D eigenvalue weighted by Gasteiger charge is 2.33. The zero-order chi connectivity index (χ0) is 15.3. The van der Waals surface area contributed by atoms with Gasteiger partial charge in [0.15, 0.2) is 0 Å². The first kappa shape index (κ1) is 17.6. The van der Waals surface area contributed by atoms with E-state index in [1.165, 1.54) is 6.07 Å². The van der Waals surface area contributed by atoms with Gasteiger partial charge in [-0.25, -0.2) is 4.39 Å². The molecule has 0 aliphatic carbocycles. The van der Waals surface area contributed by atoms with Gasteiger partial charge in [-0.15, -0.1) is 0 Å². The van der Waals surface area contributed by atoms with Crippen molar-refractivity contribution in [3.8, 4) is 0 Å².